The maximum atomic E-state index is 12.9. The van der Waals surface area contributed by atoms with Crippen LogP contribution >= 0.6 is 0 Å². The Labute approximate surface area is 138 Å². The maximum absolute atomic E-state index is 12.9. The molecule has 5 nitrogen and oxygen atoms in total. The van der Waals surface area contributed by atoms with Crippen LogP contribution in [-0.2, 0) is 9.53 Å². The quantitative estimate of drug-likeness (QED) is 0.922. The summed E-state index contributed by atoms with van der Waals surface area (Å²) < 4.78 is 5.81. The van der Waals surface area contributed by atoms with E-state index in [1.54, 1.807) is 0 Å². The van der Waals surface area contributed by atoms with E-state index in [4.69, 9.17) is 10.5 Å². The zero-order valence-electron chi connectivity index (χ0n) is 14.1. The largest absolute Gasteiger partial charge is 0.378 e. The lowest BCUT2D eigenvalue weighted by Crippen LogP contribution is -2.39. The molecule has 2 saturated heterocycles. The summed E-state index contributed by atoms with van der Waals surface area (Å²) in [7, 11) is 4.08. The highest BCUT2D eigenvalue weighted by Crippen LogP contribution is 2.35. The summed E-state index contributed by atoms with van der Waals surface area (Å²) in [6.07, 6.45) is 3.50. The molecule has 5 heteroatoms. The molecule has 2 aliphatic rings. The molecule has 0 saturated carbocycles. The van der Waals surface area contributed by atoms with Crippen molar-refractivity contribution in [3.05, 3.63) is 29.8 Å². The van der Waals surface area contributed by atoms with Gasteiger partial charge in [0.05, 0.1) is 12.1 Å². The number of likely N-dealkylation sites (tertiary alicyclic amines) is 1. The third-order valence-corrected chi connectivity index (χ3v) is 4.95. The standard InChI is InChI=1S/C18H27N3O2/c1-20(2)14-6-3-5-13(11-14)16-7-4-10-21(16)18(22)17-9-8-15(12-19)23-17/h3,5-6,11,15-17H,4,7-10,12,19H2,1-2H3/t15-,16?,17+/m1/s1. The number of ether oxygens (including phenoxy) is 1. The van der Waals surface area contributed by atoms with Crippen molar-refractivity contribution < 1.29 is 9.53 Å². The smallest absolute Gasteiger partial charge is 0.252 e. The highest BCUT2D eigenvalue weighted by molar-refractivity contribution is 5.82. The summed E-state index contributed by atoms with van der Waals surface area (Å²) in [5, 5.41) is 0. The number of nitrogens with two attached hydrogens (primary N) is 1. The maximum Gasteiger partial charge on any atom is 0.252 e. The number of benzene rings is 1. The second-order valence-electron chi connectivity index (χ2n) is 6.74. The van der Waals surface area contributed by atoms with E-state index >= 15 is 0 Å². The Bertz CT molecular complexity index is 561. The van der Waals surface area contributed by atoms with Crippen LogP contribution in [-0.4, -0.2) is 50.2 Å². The molecule has 1 aromatic carbocycles. The van der Waals surface area contributed by atoms with Crippen LogP contribution in [0.15, 0.2) is 24.3 Å². The molecule has 126 valence electrons. The molecule has 0 radical (unpaired) electrons. The van der Waals surface area contributed by atoms with Gasteiger partial charge in [-0.15, -0.1) is 0 Å². The number of hydrogen-bond donors (Lipinski definition) is 1. The molecule has 0 aromatic heterocycles. The summed E-state index contributed by atoms with van der Waals surface area (Å²) in [4.78, 5) is 17.0. The topological polar surface area (TPSA) is 58.8 Å². The van der Waals surface area contributed by atoms with Crippen molar-refractivity contribution in [1.29, 1.82) is 0 Å². The number of rotatable bonds is 4. The van der Waals surface area contributed by atoms with Gasteiger partial charge in [0.1, 0.15) is 6.10 Å². The summed E-state index contributed by atoms with van der Waals surface area (Å²) in [6.45, 7) is 1.32. The van der Waals surface area contributed by atoms with Crippen molar-refractivity contribution in [2.75, 3.05) is 32.1 Å². The summed E-state index contributed by atoms with van der Waals surface area (Å²) >= 11 is 0. The predicted octanol–water partition coefficient (Wildman–Crippen LogP) is 1.92. The van der Waals surface area contributed by atoms with Gasteiger partial charge in [0.25, 0.3) is 5.91 Å². The number of anilines is 1. The lowest BCUT2D eigenvalue weighted by Gasteiger charge is -2.28. The van der Waals surface area contributed by atoms with Crippen LogP contribution in [0.5, 0.6) is 0 Å². The SMILES string of the molecule is CN(C)c1cccc(C2CCCN2C(=O)[C@@H]2CC[C@H](CN)O2)c1. The van der Waals surface area contributed by atoms with E-state index in [1.165, 1.54) is 11.3 Å². The van der Waals surface area contributed by atoms with Crippen LogP contribution in [0, 0.1) is 0 Å². The van der Waals surface area contributed by atoms with Crippen molar-refractivity contribution in [3.63, 3.8) is 0 Å². The Morgan fingerprint density at radius 2 is 2.17 bits per heavy atom. The van der Waals surface area contributed by atoms with Crippen LogP contribution in [0.2, 0.25) is 0 Å². The van der Waals surface area contributed by atoms with Gasteiger partial charge in [0, 0.05) is 32.9 Å². The number of amides is 1. The first-order valence-corrected chi connectivity index (χ1v) is 8.53. The van der Waals surface area contributed by atoms with Crippen LogP contribution < -0.4 is 10.6 Å². The molecular formula is C18H27N3O2. The molecule has 3 atom stereocenters. The first kappa shape index (κ1) is 16.3. The fraction of sp³-hybridized carbons (Fsp3) is 0.611. The molecule has 0 spiro atoms. The zero-order chi connectivity index (χ0) is 16.4. The van der Waals surface area contributed by atoms with Crippen molar-refractivity contribution in [2.45, 2.75) is 43.9 Å². The average Bonchev–Trinajstić information content (AvgIpc) is 3.23. The highest BCUT2D eigenvalue weighted by atomic mass is 16.5. The number of nitrogens with zero attached hydrogens (tertiary/aromatic N) is 2. The fourth-order valence-electron chi connectivity index (χ4n) is 3.63. The fourth-order valence-corrected chi connectivity index (χ4v) is 3.63. The molecular weight excluding hydrogens is 290 g/mol. The molecule has 2 heterocycles. The van der Waals surface area contributed by atoms with E-state index in [-0.39, 0.29) is 24.2 Å². The Morgan fingerprint density at radius 3 is 2.87 bits per heavy atom. The average molecular weight is 317 g/mol. The molecule has 1 aromatic rings. The highest BCUT2D eigenvalue weighted by Gasteiger charge is 2.38. The van der Waals surface area contributed by atoms with E-state index in [1.807, 2.05) is 19.0 Å². The Kier molecular flexibility index (Phi) is 4.87. The van der Waals surface area contributed by atoms with E-state index in [0.29, 0.717) is 6.54 Å². The van der Waals surface area contributed by atoms with Gasteiger partial charge in [-0.1, -0.05) is 12.1 Å². The third-order valence-electron chi connectivity index (χ3n) is 4.95. The monoisotopic (exact) mass is 317 g/mol. The van der Waals surface area contributed by atoms with Gasteiger partial charge in [-0.05, 0) is 43.4 Å². The van der Waals surface area contributed by atoms with Gasteiger partial charge in [0.2, 0.25) is 0 Å². The third kappa shape index (κ3) is 3.35. The summed E-state index contributed by atoms with van der Waals surface area (Å²) in [5.41, 5.74) is 8.04. The predicted molar refractivity (Wildman–Crippen MR) is 91.4 cm³/mol. The number of carbonyl (C=O) groups is 1. The number of hydrogen-bond acceptors (Lipinski definition) is 4. The molecule has 2 aliphatic heterocycles. The summed E-state index contributed by atoms with van der Waals surface area (Å²) in [6, 6.07) is 8.65. The Morgan fingerprint density at radius 1 is 1.35 bits per heavy atom. The van der Waals surface area contributed by atoms with E-state index in [0.717, 1.165) is 32.2 Å². The zero-order valence-corrected chi connectivity index (χ0v) is 14.1. The van der Waals surface area contributed by atoms with Crippen molar-refractivity contribution >= 4 is 11.6 Å². The molecule has 1 unspecified atom stereocenters. The molecule has 3 rings (SSSR count). The van der Waals surface area contributed by atoms with Crippen molar-refractivity contribution in [1.82, 2.24) is 4.90 Å². The normalized spacial score (nSPS) is 27.4. The van der Waals surface area contributed by atoms with Gasteiger partial charge in [0.15, 0.2) is 0 Å². The Balaban J connectivity index is 1.75. The minimum absolute atomic E-state index is 0.0436. The minimum atomic E-state index is -0.304. The lowest BCUT2D eigenvalue weighted by atomic mass is 10.0. The molecule has 2 fully saturated rings. The van der Waals surface area contributed by atoms with Crippen LogP contribution in [0.1, 0.15) is 37.3 Å². The molecule has 0 aliphatic carbocycles. The second kappa shape index (κ2) is 6.89. The van der Waals surface area contributed by atoms with Gasteiger partial charge in [-0.3, -0.25) is 4.79 Å². The lowest BCUT2D eigenvalue weighted by molar-refractivity contribution is -0.143. The molecule has 23 heavy (non-hydrogen) atoms. The first-order chi connectivity index (χ1) is 11.1. The van der Waals surface area contributed by atoms with Crippen molar-refractivity contribution in [2.24, 2.45) is 5.73 Å². The van der Waals surface area contributed by atoms with Gasteiger partial charge in [-0.2, -0.15) is 0 Å². The van der Waals surface area contributed by atoms with Gasteiger partial charge >= 0.3 is 0 Å². The first-order valence-electron chi connectivity index (χ1n) is 8.53. The number of carbonyl (C=O) groups excluding carboxylic acids is 1. The molecule has 2 N–H and O–H groups in total. The van der Waals surface area contributed by atoms with Crippen LogP contribution in [0.3, 0.4) is 0 Å². The molecule has 1 amide bonds. The van der Waals surface area contributed by atoms with Gasteiger partial charge in [-0.25, -0.2) is 0 Å². The van der Waals surface area contributed by atoms with E-state index in [2.05, 4.69) is 29.2 Å². The Hall–Kier alpha value is -1.59. The van der Waals surface area contributed by atoms with E-state index in [9.17, 15) is 4.79 Å². The molecule has 0 bridgehead atoms. The van der Waals surface area contributed by atoms with Gasteiger partial charge < -0.3 is 20.3 Å². The minimum Gasteiger partial charge on any atom is -0.378 e. The van der Waals surface area contributed by atoms with E-state index < -0.39 is 0 Å². The second-order valence-corrected chi connectivity index (χ2v) is 6.74. The summed E-state index contributed by atoms with van der Waals surface area (Å²) in [5.74, 6) is 0.138. The van der Waals surface area contributed by atoms with Crippen LogP contribution in [0.25, 0.3) is 0 Å². The van der Waals surface area contributed by atoms with Crippen molar-refractivity contribution in [3.8, 4) is 0 Å². The van der Waals surface area contributed by atoms with Crippen LogP contribution in [0.4, 0.5) is 5.69 Å².